The van der Waals surface area contributed by atoms with Crippen LogP contribution in [0.1, 0.15) is 13.3 Å². The Hall–Kier alpha value is -2.09. The third-order valence-electron chi connectivity index (χ3n) is 3.16. The van der Waals surface area contributed by atoms with Crippen LogP contribution in [0.2, 0.25) is 0 Å². The fourth-order valence-electron chi connectivity index (χ4n) is 2.00. The van der Waals surface area contributed by atoms with Gasteiger partial charge < -0.3 is 0 Å². The molecule has 3 N–H and O–H groups in total. The minimum atomic E-state index is -0.284. The molecule has 0 saturated heterocycles. The third kappa shape index (κ3) is 4.22. The van der Waals surface area contributed by atoms with Crippen LogP contribution in [0.3, 0.4) is 0 Å². The Morgan fingerprint density at radius 2 is 2.13 bits per heavy atom. The predicted octanol–water partition coefficient (Wildman–Crippen LogP) is -0.140. The molecular formula is C17H20IN4O-. The second-order valence-corrected chi connectivity index (χ2v) is 7.10. The van der Waals surface area contributed by atoms with E-state index in [0.29, 0.717) is 17.2 Å². The van der Waals surface area contributed by atoms with E-state index in [1.807, 2.05) is 18.2 Å². The van der Waals surface area contributed by atoms with Gasteiger partial charge in [0.15, 0.2) is 0 Å². The van der Waals surface area contributed by atoms with Gasteiger partial charge in [-0.1, -0.05) is 0 Å². The average Bonchev–Trinajstić information content (AvgIpc) is 2.94. The molecule has 0 amide bonds. The van der Waals surface area contributed by atoms with Gasteiger partial charge in [-0.2, -0.15) is 0 Å². The van der Waals surface area contributed by atoms with Gasteiger partial charge in [0, 0.05) is 0 Å². The summed E-state index contributed by atoms with van der Waals surface area (Å²) in [5, 5.41) is 4.38. The predicted molar refractivity (Wildman–Crippen MR) is 91.5 cm³/mol. The molecule has 122 valence electrons. The van der Waals surface area contributed by atoms with Gasteiger partial charge in [0.25, 0.3) is 0 Å². The molecule has 1 heterocycles. The molecule has 6 heteroatoms. The number of allylic oxidation sites excluding steroid dienone is 5. The number of rotatable bonds is 6. The van der Waals surface area contributed by atoms with Crippen molar-refractivity contribution < 1.29 is 21.2 Å². The number of nitrogens with two attached hydrogens (primary N) is 1. The Bertz CT molecular complexity index is 797. The fourth-order valence-corrected chi connectivity index (χ4v) is 3.52. The van der Waals surface area contributed by atoms with E-state index in [-0.39, 0.29) is 26.9 Å². The van der Waals surface area contributed by atoms with Crippen LogP contribution in [-0.4, -0.2) is 19.7 Å². The summed E-state index contributed by atoms with van der Waals surface area (Å²) >= 11 is -0.0783. The van der Waals surface area contributed by atoms with Gasteiger partial charge in [-0.3, -0.25) is 0 Å². The van der Waals surface area contributed by atoms with Crippen LogP contribution >= 0.6 is 0 Å². The van der Waals surface area contributed by atoms with Crippen molar-refractivity contribution in [3.63, 3.8) is 0 Å². The maximum absolute atomic E-state index is 12.2. The number of halogens is 1. The zero-order valence-corrected chi connectivity index (χ0v) is 15.4. The van der Waals surface area contributed by atoms with Crippen molar-refractivity contribution >= 4 is 11.4 Å². The molecule has 0 saturated carbocycles. The van der Waals surface area contributed by atoms with Crippen molar-refractivity contribution in [1.82, 2.24) is 14.8 Å². The molecule has 0 radical (unpaired) electrons. The first-order chi connectivity index (χ1) is 11.1. The molecule has 0 unspecified atom stereocenters. The van der Waals surface area contributed by atoms with Gasteiger partial charge in [0.1, 0.15) is 0 Å². The van der Waals surface area contributed by atoms with Gasteiger partial charge >= 0.3 is 146 Å². The van der Waals surface area contributed by atoms with Crippen molar-refractivity contribution in [3.05, 3.63) is 63.1 Å². The molecular weight excluding hydrogens is 403 g/mol. The molecule has 0 aliphatic carbocycles. The molecule has 0 spiro atoms. The van der Waals surface area contributed by atoms with E-state index in [1.54, 1.807) is 18.2 Å². The van der Waals surface area contributed by atoms with Crippen LogP contribution in [0.25, 0.3) is 17.1 Å². The molecule has 0 aliphatic rings. The molecule has 5 nitrogen and oxygen atoms in total. The summed E-state index contributed by atoms with van der Waals surface area (Å²) in [6.45, 7) is 5.90. The third-order valence-corrected chi connectivity index (χ3v) is 5.16. The van der Waals surface area contributed by atoms with E-state index in [0.717, 1.165) is 12.0 Å². The van der Waals surface area contributed by atoms with E-state index in [2.05, 4.69) is 34.6 Å². The topological polar surface area (TPSA) is 76.7 Å². The van der Waals surface area contributed by atoms with Crippen molar-refractivity contribution in [2.75, 3.05) is 10.7 Å². The first-order valence-corrected chi connectivity index (χ1v) is 10.4. The Kier molecular flexibility index (Phi) is 5.97. The second kappa shape index (κ2) is 7.96. The molecule has 1 aromatic heterocycles. The Morgan fingerprint density at radius 3 is 2.70 bits per heavy atom. The van der Waals surface area contributed by atoms with E-state index in [1.165, 1.54) is 8.26 Å². The molecule has 0 fully saturated rings. The monoisotopic (exact) mass is 423 g/mol. The van der Waals surface area contributed by atoms with Crippen LogP contribution in [0, 0.1) is 0 Å². The molecule has 0 aliphatic heterocycles. The summed E-state index contributed by atoms with van der Waals surface area (Å²) in [7, 11) is 0. The molecule has 2 rings (SSSR count). The van der Waals surface area contributed by atoms with Crippen LogP contribution in [-0.2, 0) is 0 Å². The van der Waals surface area contributed by atoms with E-state index in [4.69, 9.17) is 5.73 Å². The summed E-state index contributed by atoms with van der Waals surface area (Å²) in [6, 6.07) is 7.21. The minimum absolute atomic E-state index is 0.0783. The molecule has 0 bridgehead atoms. The fraction of sp³-hybridized carbons (Fsp3) is 0.176. The first-order valence-electron chi connectivity index (χ1n) is 7.18. The van der Waals surface area contributed by atoms with Gasteiger partial charge in [-0.25, -0.2) is 0 Å². The van der Waals surface area contributed by atoms with Gasteiger partial charge in [-0.05, 0) is 0 Å². The Labute approximate surface area is 145 Å². The maximum atomic E-state index is 12.2. The number of nitrogen functional groups attached to an aromatic ring is 1. The molecule has 0 atom stereocenters. The van der Waals surface area contributed by atoms with E-state index < -0.39 is 0 Å². The second-order valence-electron chi connectivity index (χ2n) is 4.77. The summed E-state index contributed by atoms with van der Waals surface area (Å²) in [6.07, 6.45) is 6.78. The number of nitrogens with one attached hydrogen (secondary N) is 1. The number of aromatic amines is 1. The van der Waals surface area contributed by atoms with Crippen molar-refractivity contribution in [3.8, 4) is 11.4 Å². The average molecular weight is 423 g/mol. The molecule has 2 aromatic rings. The quantitative estimate of drug-likeness (QED) is 0.294. The van der Waals surface area contributed by atoms with Gasteiger partial charge in [0.05, 0.1) is 0 Å². The van der Waals surface area contributed by atoms with Crippen LogP contribution in [0.4, 0.5) is 5.69 Å². The number of benzene rings is 1. The Morgan fingerprint density at radius 1 is 1.43 bits per heavy atom. The number of anilines is 1. The van der Waals surface area contributed by atoms with Crippen molar-refractivity contribution in [1.29, 1.82) is 0 Å². The van der Waals surface area contributed by atoms with Crippen LogP contribution < -0.4 is 32.6 Å². The standard InChI is InChI=1S/C17H20IN4O/c1-4-6-13(18-3)11-15(5-2)22-17(23)20-16(21-22)12-7-9-14(19)10-8-12/h5-11H,2,4,19H2,1,3H3,(H,20,21,23)/q-1/b13-6+,15-11+. The number of H-pyrrole nitrogens is 1. The number of hydrogen-bond acceptors (Lipinski definition) is 3. The summed E-state index contributed by atoms with van der Waals surface area (Å²) in [5.74, 6) is 0.509. The summed E-state index contributed by atoms with van der Waals surface area (Å²) in [4.78, 5) is 17.2. The number of hydrogen-bond donors (Lipinski definition) is 2. The molecule has 23 heavy (non-hydrogen) atoms. The normalized spacial score (nSPS) is 12.6. The van der Waals surface area contributed by atoms with Gasteiger partial charge in [0.2, 0.25) is 0 Å². The Balaban J connectivity index is 2.45. The van der Waals surface area contributed by atoms with Crippen molar-refractivity contribution in [2.24, 2.45) is 0 Å². The van der Waals surface area contributed by atoms with E-state index >= 15 is 0 Å². The van der Waals surface area contributed by atoms with Crippen molar-refractivity contribution in [2.45, 2.75) is 13.3 Å². The summed E-state index contributed by atoms with van der Waals surface area (Å²) in [5.41, 5.74) is 7.56. The van der Waals surface area contributed by atoms with Gasteiger partial charge in [-0.15, -0.1) is 0 Å². The zero-order valence-electron chi connectivity index (χ0n) is 13.2. The molecule has 1 aromatic carbocycles. The summed E-state index contributed by atoms with van der Waals surface area (Å²) < 4.78 is 2.60. The SMILES string of the molecule is C=C/C(=C\C(=C/CC)[I-]C)n1nc(-c2ccc(N)cc2)[nH]c1=O. The van der Waals surface area contributed by atoms with E-state index in [9.17, 15) is 4.79 Å². The van der Waals surface area contributed by atoms with Crippen LogP contribution in [0.5, 0.6) is 0 Å². The first kappa shape index (κ1) is 17.3. The van der Waals surface area contributed by atoms with Crippen LogP contribution in [0.15, 0.2) is 57.4 Å². The number of aromatic nitrogens is 3. The number of nitrogens with zero attached hydrogens (tertiary/aromatic N) is 2. The number of alkyl halides is 1. The zero-order chi connectivity index (χ0) is 16.8.